The Morgan fingerprint density at radius 3 is 2.68 bits per heavy atom. The van der Waals surface area contributed by atoms with E-state index in [-0.39, 0.29) is 12.1 Å². The van der Waals surface area contributed by atoms with Gasteiger partial charge in [-0.15, -0.1) is 0 Å². The molecule has 0 bridgehead atoms. The van der Waals surface area contributed by atoms with Gasteiger partial charge in [0.1, 0.15) is 0 Å². The monoisotopic (exact) mass is 266 g/mol. The first-order valence-corrected chi connectivity index (χ1v) is 6.77. The van der Waals surface area contributed by atoms with Crippen molar-refractivity contribution in [2.75, 3.05) is 48.3 Å². The number of ether oxygens (including phenoxy) is 1. The lowest BCUT2D eigenvalue weighted by Crippen LogP contribution is -2.42. The minimum absolute atomic E-state index is 0.184. The van der Waals surface area contributed by atoms with E-state index in [1.807, 2.05) is 6.92 Å². The molecule has 1 unspecified atom stereocenters. The lowest BCUT2D eigenvalue weighted by molar-refractivity contribution is 0.0526. The molecule has 1 fully saturated rings. The van der Waals surface area contributed by atoms with E-state index in [1.54, 1.807) is 0 Å². The van der Waals surface area contributed by atoms with Crippen LogP contribution in [-0.2, 0) is 4.74 Å². The molecule has 106 valence electrons. The van der Waals surface area contributed by atoms with Crippen molar-refractivity contribution >= 4 is 17.8 Å². The summed E-state index contributed by atoms with van der Waals surface area (Å²) in [6.07, 6.45) is 0.184. The van der Waals surface area contributed by atoms with E-state index < -0.39 is 0 Å². The molecule has 2 rings (SSSR count). The van der Waals surface area contributed by atoms with Crippen LogP contribution in [0, 0.1) is 0 Å². The molecule has 1 aromatic rings. The highest BCUT2D eigenvalue weighted by atomic mass is 16.5. The van der Waals surface area contributed by atoms with E-state index in [0.29, 0.717) is 18.5 Å². The number of nitrogens with two attached hydrogens (primary N) is 1. The summed E-state index contributed by atoms with van der Waals surface area (Å²) < 4.78 is 5.53. The number of hydrogen-bond donors (Lipinski definition) is 1. The number of nitrogens with zero attached hydrogens (tertiary/aromatic N) is 5. The van der Waals surface area contributed by atoms with Crippen molar-refractivity contribution in [2.24, 2.45) is 0 Å². The van der Waals surface area contributed by atoms with Gasteiger partial charge in [0, 0.05) is 26.2 Å². The molecule has 0 saturated carbocycles. The molecule has 7 nitrogen and oxygen atoms in total. The largest absolute Gasteiger partial charge is 0.375 e. The van der Waals surface area contributed by atoms with E-state index in [1.165, 1.54) is 0 Å². The Balaban J connectivity index is 2.25. The van der Waals surface area contributed by atoms with Crippen LogP contribution in [0.15, 0.2) is 0 Å². The number of aromatic nitrogens is 3. The van der Waals surface area contributed by atoms with Crippen LogP contribution < -0.4 is 15.5 Å². The third-order valence-electron chi connectivity index (χ3n) is 3.20. The van der Waals surface area contributed by atoms with Crippen molar-refractivity contribution in [3.05, 3.63) is 0 Å². The average molecular weight is 266 g/mol. The highest BCUT2D eigenvalue weighted by Gasteiger charge is 2.21. The zero-order valence-corrected chi connectivity index (χ0v) is 11.8. The van der Waals surface area contributed by atoms with Crippen LogP contribution in [0.1, 0.15) is 20.8 Å². The van der Waals surface area contributed by atoms with Gasteiger partial charge in [-0.3, -0.25) is 0 Å². The second-order valence-corrected chi connectivity index (χ2v) is 4.59. The van der Waals surface area contributed by atoms with Gasteiger partial charge in [-0.05, 0) is 20.8 Å². The number of nitrogen functional groups attached to an aromatic ring is 1. The summed E-state index contributed by atoms with van der Waals surface area (Å²) in [4.78, 5) is 17.1. The highest BCUT2D eigenvalue weighted by molar-refractivity contribution is 5.43. The number of hydrogen-bond acceptors (Lipinski definition) is 7. The first kappa shape index (κ1) is 13.8. The van der Waals surface area contributed by atoms with Gasteiger partial charge >= 0.3 is 0 Å². The minimum Gasteiger partial charge on any atom is -0.375 e. The Hall–Kier alpha value is -1.63. The summed E-state index contributed by atoms with van der Waals surface area (Å²) in [6.45, 7) is 10.1. The van der Waals surface area contributed by atoms with E-state index >= 15 is 0 Å². The Labute approximate surface area is 113 Å². The second-order valence-electron chi connectivity index (χ2n) is 4.59. The molecular weight excluding hydrogens is 244 g/mol. The fourth-order valence-electron chi connectivity index (χ4n) is 2.16. The summed E-state index contributed by atoms with van der Waals surface area (Å²) in [5.74, 6) is 1.56. The van der Waals surface area contributed by atoms with Gasteiger partial charge in [-0.1, -0.05) is 0 Å². The average Bonchev–Trinajstić information content (AvgIpc) is 2.39. The van der Waals surface area contributed by atoms with Gasteiger partial charge in [-0.2, -0.15) is 15.0 Å². The molecule has 2 N–H and O–H groups in total. The van der Waals surface area contributed by atoms with Gasteiger partial charge in [0.05, 0.1) is 12.7 Å². The summed E-state index contributed by atoms with van der Waals surface area (Å²) in [5.41, 5.74) is 5.80. The van der Waals surface area contributed by atoms with Gasteiger partial charge in [-0.25, -0.2) is 0 Å². The van der Waals surface area contributed by atoms with Crippen LogP contribution in [0.5, 0.6) is 0 Å². The Kier molecular flexibility index (Phi) is 4.36. The van der Waals surface area contributed by atoms with Gasteiger partial charge in [0.2, 0.25) is 17.8 Å². The standard InChI is InChI=1S/C12H22N6O/c1-4-17(5-2)11-14-10(13)15-12(16-11)18-6-7-19-9(3)8-18/h9H,4-8H2,1-3H3,(H2,13,14,15,16). The van der Waals surface area contributed by atoms with Crippen LogP contribution in [0.4, 0.5) is 17.8 Å². The van der Waals surface area contributed by atoms with Crippen molar-refractivity contribution in [1.29, 1.82) is 0 Å². The molecule has 1 aliphatic rings. The molecule has 1 saturated heterocycles. The zero-order chi connectivity index (χ0) is 13.8. The first-order chi connectivity index (χ1) is 9.13. The summed E-state index contributed by atoms with van der Waals surface area (Å²) in [5, 5.41) is 0. The highest BCUT2D eigenvalue weighted by Crippen LogP contribution is 2.17. The lowest BCUT2D eigenvalue weighted by atomic mass is 10.3. The molecule has 0 spiro atoms. The predicted molar refractivity (Wildman–Crippen MR) is 75.4 cm³/mol. The minimum atomic E-state index is 0.184. The third kappa shape index (κ3) is 3.23. The molecule has 1 aliphatic heterocycles. The number of morpholine rings is 1. The van der Waals surface area contributed by atoms with Gasteiger partial charge in [0.25, 0.3) is 0 Å². The first-order valence-electron chi connectivity index (χ1n) is 6.77. The normalized spacial score (nSPS) is 19.5. The molecule has 1 aromatic heterocycles. The zero-order valence-electron chi connectivity index (χ0n) is 11.8. The van der Waals surface area contributed by atoms with E-state index in [9.17, 15) is 0 Å². The maximum Gasteiger partial charge on any atom is 0.232 e. The summed E-state index contributed by atoms with van der Waals surface area (Å²) in [7, 11) is 0. The number of anilines is 3. The lowest BCUT2D eigenvalue weighted by Gasteiger charge is -2.31. The van der Waals surface area contributed by atoms with Crippen molar-refractivity contribution < 1.29 is 4.74 Å². The Morgan fingerprint density at radius 2 is 2.05 bits per heavy atom. The molecule has 0 radical (unpaired) electrons. The molecular formula is C12H22N6O. The molecule has 0 amide bonds. The van der Waals surface area contributed by atoms with E-state index in [2.05, 4.69) is 38.6 Å². The fraction of sp³-hybridized carbons (Fsp3) is 0.750. The molecule has 0 aromatic carbocycles. The van der Waals surface area contributed by atoms with Crippen molar-refractivity contribution in [1.82, 2.24) is 15.0 Å². The molecule has 7 heteroatoms. The van der Waals surface area contributed by atoms with Gasteiger partial charge in [0.15, 0.2) is 0 Å². The predicted octanol–water partition coefficient (Wildman–Crippen LogP) is 0.525. The van der Waals surface area contributed by atoms with Crippen molar-refractivity contribution in [2.45, 2.75) is 26.9 Å². The molecule has 0 aliphatic carbocycles. The SMILES string of the molecule is CCN(CC)c1nc(N)nc(N2CCOC(C)C2)n1. The van der Waals surface area contributed by atoms with Crippen LogP contribution in [0.25, 0.3) is 0 Å². The molecule has 1 atom stereocenters. The van der Waals surface area contributed by atoms with E-state index in [0.717, 1.165) is 26.2 Å². The maximum absolute atomic E-state index is 5.80. The van der Waals surface area contributed by atoms with Crippen LogP contribution in [0.3, 0.4) is 0 Å². The van der Waals surface area contributed by atoms with Crippen LogP contribution >= 0.6 is 0 Å². The van der Waals surface area contributed by atoms with Crippen LogP contribution in [0.2, 0.25) is 0 Å². The molecule has 2 heterocycles. The Bertz CT molecular complexity index is 423. The maximum atomic E-state index is 5.80. The van der Waals surface area contributed by atoms with Crippen molar-refractivity contribution in [3.63, 3.8) is 0 Å². The summed E-state index contributed by atoms with van der Waals surface area (Å²) in [6, 6.07) is 0. The topological polar surface area (TPSA) is 80.4 Å². The second kappa shape index (κ2) is 6.01. The van der Waals surface area contributed by atoms with Crippen molar-refractivity contribution in [3.8, 4) is 0 Å². The molecule has 19 heavy (non-hydrogen) atoms. The third-order valence-corrected chi connectivity index (χ3v) is 3.20. The Morgan fingerprint density at radius 1 is 1.32 bits per heavy atom. The van der Waals surface area contributed by atoms with E-state index in [4.69, 9.17) is 10.5 Å². The smallest absolute Gasteiger partial charge is 0.232 e. The summed E-state index contributed by atoms with van der Waals surface area (Å²) >= 11 is 0. The van der Waals surface area contributed by atoms with Gasteiger partial charge < -0.3 is 20.3 Å². The quantitative estimate of drug-likeness (QED) is 0.851. The van der Waals surface area contributed by atoms with Crippen LogP contribution in [-0.4, -0.2) is 53.8 Å². The fourth-order valence-corrected chi connectivity index (χ4v) is 2.16. The number of rotatable bonds is 4.